The molecule has 0 N–H and O–H groups in total. The highest BCUT2D eigenvalue weighted by Crippen LogP contribution is 2.11. The van der Waals surface area contributed by atoms with Gasteiger partial charge in [0.25, 0.3) is 0 Å². The number of carbonyl (C=O) groups excluding carboxylic acids is 1. The summed E-state index contributed by atoms with van der Waals surface area (Å²) in [5.74, 6) is 2.16. The van der Waals surface area contributed by atoms with Crippen LogP contribution in [0.5, 0.6) is 0 Å². The molecule has 1 saturated heterocycles. The number of thioether (sulfide) groups is 1. The van der Waals surface area contributed by atoms with Crippen LogP contribution >= 0.6 is 11.8 Å². The van der Waals surface area contributed by atoms with Gasteiger partial charge in [-0.2, -0.15) is 11.8 Å². The normalized spacial score (nSPS) is 16.3. The topological polar surface area (TPSA) is 29.5 Å². The van der Waals surface area contributed by atoms with Crippen LogP contribution in [0.3, 0.4) is 0 Å². The van der Waals surface area contributed by atoms with Crippen molar-refractivity contribution in [2.24, 2.45) is 0 Å². The van der Waals surface area contributed by atoms with E-state index in [1.807, 2.05) is 43.8 Å². The number of esters is 1. The Bertz CT molecular complexity index is 442. The molecule has 0 radical (unpaired) electrons. The van der Waals surface area contributed by atoms with Crippen molar-refractivity contribution < 1.29 is 9.53 Å². The molecule has 2 rings (SSSR count). The van der Waals surface area contributed by atoms with E-state index in [-0.39, 0.29) is 5.97 Å². The summed E-state index contributed by atoms with van der Waals surface area (Å²) in [4.78, 5) is 14.3. The number of carbonyl (C=O) groups is 1. The van der Waals surface area contributed by atoms with Gasteiger partial charge in [0.05, 0.1) is 5.56 Å². The van der Waals surface area contributed by atoms with Gasteiger partial charge in [0.2, 0.25) is 0 Å². The highest BCUT2D eigenvalue weighted by molar-refractivity contribution is 7.99. The maximum Gasteiger partial charge on any atom is 0.338 e. The first-order valence-electron chi connectivity index (χ1n) is 6.71. The molecule has 0 saturated carbocycles. The van der Waals surface area contributed by atoms with Gasteiger partial charge in [0.15, 0.2) is 0 Å². The van der Waals surface area contributed by atoms with E-state index in [1.54, 1.807) is 0 Å². The molecule has 1 heterocycles. The van der Waals surface area contributed by atoms with Crippen LogP contribution in [0.15, 0.2) is 18.2 Å². The molecule has 104 valence electrons. The first kappa shape index (κ1) is 14.4. The molecular formula is C15H21NO2S. The quantitative estimate of drug-likeness (QED) is 0.792. The maximum absolute atomic E-state index is 11.9. The van der Waals surface area contributed by atoms with Crippen molar-refractivity contribution >= 4 is 17.7 Å². The average Bonchev–Trinajstić information content (AvgIpc) is 2.43. The molecule has 0 bridgehead atoms. The number of ether oxygens (including phenoxy) is 1. The summed E-state index contributed by atoms with van der Waals surface area (Å²) in [6.07, 6.45) is 0. The van der Waals surface area contributed by atoms with Crippen molar-refractivity contribution in [3.63, 3.8) is 0 Å². The Labute approximate surface area is 119 Å². The lowest BCUT2D eigenvalue weighted by molar-refractivity contribution is 0.0466. The molecular weight excluding hydrogens is 258 g/mol. The summed E-state index contributed by atoms with van der Waals surface area (Å²) in [5, 5.41) is 0. The molecule has 19 heavy (non-hydrogen) atoms. The lowest BCUT2D eigenvalue weighted by Gasteiger charge is -2.25. The van der Waals surface area contributed by atoms with Gasteiger partial charge in [-0.1, -0.05) is 6.07 Å². The standard InChI is InChI=1S/C15H21NO2S/c1-12-3-4-14(11-13(12)2)15(17)18-8-5-16-6-9-19-10-7-16/h3-4,11H,5-10H2,1-2H3. The number of rotatable bonds is 4. The average molecular weight is 279 g/mol. The van der Waals surface area contributed by atoms with Gasteiger partial charge in [-0.05, 0) is 37.1 Å². The van der Waals surface area contributed by atoms with Crippen molar-refractivity contribution in [3.8, 4) is 0 Å². The van der Waals surface area contributed by atoms with Crippen LogP contribution in [0.2, 0.25) is 0 Å². The number of nitrogens with zero attached hydrogens (tertiary/aromatic N) is 1. The second kappa shape index (κ2) is 6.96. The third-order valence-corrected chi connectivity index (χ3v) is 4.43. The van der Waals surface area contributed by atoms with E-state index < -0.39 is 0 Å². The fraction of sp³-hybridized carbons (Fsp3) is 0.533. The molecule has 4 heteroatoms. The fourth-order valence-electron chi connectivity index (χ4n) is 2.04. The lowest BCUT2D eigenvalue weighted by Crippen LogP contribution is -2.35. The molecule has 0 aromatic heterocycles. The minimum Gasteiger partial charge on any atom is -0.461 e. The number of aryl methyl sites for hydroxylation is 2. The predicted molar refractivity (Wildman–Crippen MR) is 80.0 cm³/mol. The molecule has 0 amide bonds. The van der Waals surface area contributed by atoms with E-state index in [4.69, 9.17) is 4.74 Å². The second-order valence-corrected chi connectivity index (χ2v) is 6.11. The molecule has 1 aromatic carbocycles. The first-order chi connectivity index (χ1) is 9.16. The van der Waals surface area contributed by atoms with E-state index in [9.17, 15) is 4.79 Å². The van der Waals surface area contributed by atoms with Gasteiger partial charge in [0, 0.05) is 31.1 Å². The minimum atomic E-state index is -0.213. The molecule has 1 aliphatic heterocycles. The summed E-state index contributed by atoms with van der Waals surface area (Å²) in [6, 6.07) is 5.70. The summed E-state index contributed by atoms with van der Waals surface area (Å²) in [7, 11) is 0. The Morgan fingerprint density at radius 3 is 2.68 bits per heavy atom. The third-order valence-electron chi connectivity index (χ3n) is 3.49. The Morgan fingerprint density at radius 2 is 2.00 bits per heavy atom. The highest BCUT2D eigenvalue weighted by atomic mass is 32.2. The van der Waals surface area contributed by atoms with Gasteiger partial charge in [0.1, 0.15) is 6.61 Å². The van der Waals surface area contributed by atoms with E-state index in [0.29, 0.717) is 12.2 Å². The van der Waals surface area contributed by atoms with E-state index in [0.717, 1.165) is 25.2 Å². The van der Waals surface area contributed by atoms with Gasteiger partial charge in [-0.25, -0.2) is 4.79 Å². The van der Waals surface area contributed by atoms with Crippen molar-refractivity contribution in [2.75, 3.05) is 37.7 Å². The zero-order chi connectivity index (χ0) is 13.7. The number of hydrogen-bond acceptors (Lipinski definition) is 4. The van der Waals surface area contributed by atoms with Crippen LogP contribution < -0.4 is 0 Å². The Kier molecular flexibility index (Phi) is 5.28. The maximum atomic E-state index is 11.9. The van der Waals surface area contributed by atoms with Crippen molar-refractivity contribution in [3.05, 3.63) is 34.9 Å². The monoisotopic (exact) mass is 279 g/mol. The van der Waals surface area contributed by atoms with E-state index in [2.05, 4.69) is 4.90 Å². The van der Waals surface area contributed by atoms with Crippen LogP contribution in [0.25, 0.3) is 0 Å². The Hall–Kier alpha value is -1.00. The Balaban J connectivity index is 1.78. The van der Waals surface area contributed by atoms with E-state index in [1.165, 1.54) is 17.1 Å². The lowest BCUT2D eigenvalue weighted by atomic mass is 10.1. The molecule has 1 aromatic rings. The summed E-state index contributed by atoms with van der Waals surface area (Å²) >= 11 is 1.99. The summed E-state index contributed by atoms with van der Waals surface area (Å²) in [5.41, 5.74) is 2.97. The number of hydrogen-bond donors (Lipinski definition) is 0. The SMILES string of the molecule is Cc1ccc(C(=O)OCCN2CCSCC2)cc1C. The molecule has 1 aliphatic rings. The minimum absolute atomic E-state index is 0.213. The van der Waals surface area contributed by atoms with Gasteiger partial charge >= 0.3 is 5.97 Å². The molecule has 0 aliphatic carbocycles. The second-order valence-electron chi connectivity index (χ2n) is 4.89. The summed E-state index contributed by atoms with van der Waals surface area (Å²) in [6.45, 7) is 7.58. The molecule has 0 spiro atoms. The van der Waals surface area contributed by atoms with Gasteiger partial charge < -0.3 is 4.74 Å². The third kappa shape index (κ3) is 4.25. The van der Waals surface area contributed by atoms with Crippen LogP contribution in [0, 0.1) is 13.8 Å². The van der Waals surface area contributed by atoms with Crippen LogP contribution in [-0.4, -0.2) is 48.6 Å². The van der Waals surface area contributed by atoms with Crippen LogP contribution in [0.4, 0.5) is 0 Å². The van der Waals surface area contributed by atoms with E-state index >= 15 is 0 Å². The molecule has 3 nitrogen and oxygen atoms in total. The predicted octanol–water partition coefficient (Wildman–Crippen LogP) is 2.51. The van der Waals surface area contributed by atoms with Crippen molar-refractivity contribution in [1.82, 2.24) is 4.90 Å². The van der Waals surface area contributed by atoms with Crippen LogP contribution in [-0.2, 0) is 4.74 Å². The van der Waals surface area contributed by atoms with Crippen molar-refractivity contribution in [2.45, 2.75) is 13.8 Å². The van der Waals surface area contributed by atoms with Crippen molar-refractivity contribution in [1.29, 1.82) is 0 Å². The molecule has 0 atom stereocenters. The number of benzene rings is 1. The molecule has 1 fully saturated rings. The smallest absolute Gasteiger partial charge is 0.338 e. The zero-order valence-electron chi connectivity index (χ0n) is 11.6. The Morgan fingerprint density at radius 1 is 1.26 bits per heavy atom. The zero-order valence-corrected chi connectivity index (χ0v) is 12.5. The van der Waals surface area contributed by atoms with Crippen LogP contribution in [0.1, 0.15) is 21.5 Å². The summed E-state index contributed by atoms with van der Waals surface area (Å²) < 4.78 is 5.34. The molecule has 0 unspecified atom stereocenters. The fourth-order valence-corrected chi connectivity index (χ4v) is 3.02. The van der Waals surface area contributed by atoms with Gasteiger partial charge in [-0.3, -0.25) is 4.90 Å². The largest absolute Gasteiger partial charge is 0.461 e. The first-order valence-corrected chi connectivity index (χ1v) is 7.87. The highest BCUT2D eigenvalue weighted by Gasteiger charge is 2.12. The van der Waals surface area contributed by atoms with Gasteiger partial charge in [-0.15, -0.1) is 0 Å².